The Kier molecular flexibility index (Phi) is 5.74. The lowest BCUT2D eigenvalue weighted by atomic mass is 10.0. The highest BCUT2D eigenvalue weighted by atomic mass is 35.5. The van der Waals surface area contributed by atoms with E-state index in [0.717, 1.165) is 28.6 Å². The van der Waals surface area contributed by atoms with Crippen LogP contribution in [0.3, 0.4) is 0 Å². The van der Waals surface area contributed by atoms with Crippen LogP contribution in [0, 0.1) is 0 Å². The highest BCUT2D eigenvalue weighted by Gasteiger charge is 2.24. The number of halogens is 1. The van der Waals surface area contributed by atoms with Gasteiger partial charge in [-0.3, -0.25) is 4.90 Å². The van der Waals surface area contributed by atoms with E-state index >= 15 is 0 Å². The van der Waals surface area contributed by atoms with E-state index in [2.05, 4.69) is 41.2 Å². The average Bonchev–Trinajstić information content (AvgIpc) is 3.29. The van der Waals surface area contributed by atoms with Crippen LogP contribution in [0.25, 0.3) is 0 Å². The van der Waals surface area contributed by atoms with Gasteiger partial charge in [-0.1, -0.05) is 36.7 Å². The molecule has 0 spiro atoms. The molecule has 7 heteroatoms. The lowest BCUT2D eigenvalue weighted by molar-refractivity contribution is 0.203. The largest absolute Gasteiger partial charge is 0.468 e. The summed E-state index contributed by atoms with van der Waals surface area (Å²) in [7, 11) is 0. The maximum absolute atomic E-state index is 6.36. The number of hydrogen-bond donors (Lipinski definition) is 0. The molecule has 0 N–H and O–H groups in total. The number of hydrogen-bond acceptors (Lipinski definition) is 5. The molecular weight excluding hydrogens is 350 g/mol. The molecule has 2 aromatic heterocycles. The molecule has 6 nitrogen and oxygen atoms in total. The summed E-state index contributed by atoms with van der Waals surface area (Å²) in [6.07, 6.45) is 2.63. The van der Waals surface area contributed by atoms with Gasteiger partial charge < -0.3 is 4.42 Å². The minimum Gasteiger partial charge on any atom is -0.468 e. The SMILES string of the molecule is CCC(C)(C)n1nnnc1CN(Cc1ccco1)Cc1ccccc1Cl. The average molecular weight is 374 g/mol. The second-order valence-corrected chi connectivity index (χ2v) is 7.40. The Bertz CT molecular complexity index is 828. The Balaban J connectivity index is 1.85. The minimum atomic E-state index is -0.139. The van der Waals surface area contributed by atoms with E-state index in [0.29, 0.717) is 19.6 Å². The highest BCUT2D eigenvalue weighted by molar-refractivity contribution is 6.31. The van der Waals surface area contributed by atoms with E-state index in [9.17, 15) is 0 Å². The van der Waals surface area contributed by atoms with Crippen LogP contribution in [0.4, 0.5) is 0 Å². The summed E-state index contributed by atoms with van der Waals surface area (Å²) in [5, 5.41) is 13.1. The Morgan fingerprint density at radius 3 is 2.62 bits per heavy atom. The molecule has 0 atom stereocenters. The zero-order chi connectivity index (χ0) is 18.6. The molecule has 26 heavy (non-hydrogen) atoms. The van der Waals surface area contributed by atoms with E-state index in [-0.39, 0.29) is 5.54 Å². The number of furan rings is 1. The topological polar surface area (TPSA) is 60.0 Å². The molecule has 0 unspecified atom stereocenters. The van der Waals surface area contributed by atoms with Crippen LogP contribution in [0.1, 0.15) is 44.3 Å². The van der Waals surface area contributed by atoms with Gasteiger partial charge in [-0.15, -0.1) is 5.10 Å². The van der Waals surface area contributed by atoms with E-state index in [1.165, 1.54) is 0 Å². The molecule has 0 amide bonds. The zero-order valence-electron chi connectivity index (χ0n) is 15.4. The molecular formula is C19H24ClN5O. The van der Waals surface area contributed by atoms with Gasteiger partial charge in [-0.2, -0.15) is 0 Å². The maximum atomic E-state index is 6.36. The lowest BCUT2D eigenvalue weighted by Gasteiger charge is -2.26. The fourth-order valence-electron chi connectivity index (χ4n) is 2.78. The van der Waals surface area contributed by atoms with Gasteiger partial charge in [0.15, 0.2) is 5.82 Å². The second kappa shape index (κ2) is 8.01. The third-order valence-electron chi connectivity index (χ3n) is 4.65. The molecule has 0 saturated heterocycles. The zero-order valence-corrected chi connectivity index (χ0v) is 16.1. The molecule has 3 aromatic rings. The van der Waals surface area contributed by atoms with E-state index in [1.807, 2.05) is 41.1 Å². The normalized spacial score (nSPS) is 12.0. The number of benzene rings is 1. The number of rotatable bonds is 8. The summed E-state index contributed by atoms with van der Waals surface area (Å²) in [4.78, 5) is 2.23. The molecule has 0 aliphatic rings. The molecule has 0 aliphatic heterocycles. The van der Waals surface area contributed by atoms with Gasteiger partial charge >= 0.3 is 0 Å². The first-order valence-electron chi connectivity index (χ1n) is 8.75. The third-order valence-corrected chi connectivity index (χ3v) is 5.02. The quantitative estimate of drug-likeness (QED) is 0.590. The molecule has 0 saturated carbocycles. The summed E-state index contributed by atoms with van der Waals surface area (Å²) < 4.78 is 7.45. The van der Waals surface area contributed by atoms with Crippen molar-refractivity contribution in [2.75, 3.05) is 0 Å². The first-order chi connectivity index (χ1) is 12.5. The Labute approximate surface area is 158 Å². The fraction of sp³-hybridized carbons (Fsp3) is 0.421. The van der Waals surface area contributed by atoms with E-state index < -0.39 is 0 Å². The van der Waals surface area contributed by atoms with Gasteiger partial charge in [-0.05, 0) is 54.5 Å². The van der Waals surface area contributed by atoms with Gasteiger partial charge in [0.25, 0.3) is 0 Å². The van der Waals surface area contributed by atoms with Crippen LogP contribution in [-0.4, -0.2) is 25.1 Å². The fourth-order valence-corrected chi connectivity index (χ4v) is 2.98. The Morgan fingerprint density at radius 1 is 1.12 bits per heavy atom. The first-order valence-corrected chi connectivity index (χ1v) is 9.13. The van der Waals surface area contributed by atoms with Crippen LogP contribution in [0.15, 0.2) is 47.1 Å². The molecule has 138 valence electrons. The maximum Gasteiger partial charge on any atom is 0.165 e. The van der Waals surface area contributed by atoms with Crippen molar-refractivity contribution in [2.45, 2.75) is 52.4 Å². The van der Waals surface area contributed by atoms with Crippen LogP contribution in [0.5, 0.6) is 0 Å². The number of tetrazole rings is 1. The van der Waals surface area contributed by atoms with Gasteiger partial charge in [-0.25, -0.2) is 4.68 Å². The van der Waals surface area contributed by atoms with Gasteiger partial charge in [0.1, 0.15) is 5.76 Å². The van der Waals surface area contributed by atoms with Crippen molar-refractivity contribution in [1.29, 1.82) is 0 Å². The molecule has 1 aromatic carbocycles. The third kappa shape index (κ3) is 4.31. The first kappa shape index (κ1) is 18.6. The van der Waals surface area contributed by atoms with Crippen molar-refractivity contribution in [3.05, 3.63) is 64.8 Å². The Hall–Kier alpha value is -2.18. The molecule has 3 rings (SSSR count). The van der Waals surface area contributed by atoms with Crippen molar-refractivity contribution in [1.82, 2.24) is 25.1 Å². The molecule has 0 fully saturated rings. The molecule has 0 radical (unpaired) electrons. The number of nitrogens with zero attached hydrogens (tertiary/aromatic N) is 5. The van der Waals surface area contributed by atoms with E-state index in [1.54, 1.807) is 6.26 Å². The van der Waals surface area contributed by atoms with Crippen molar-refractivity contribution < 1.29 is 4.42 Å². The summed E-state index contributed by atoms with van der Waals surface area (Å²) in [6.45, 7) is 8.34. The van der Waals surface area contributed by atoms with Gasteiger partial charge in [0.05, 0.1) is 24.9 Å². The smallest absolute Gasteiger partial charge is 0.165 e. The molecule has 2 heterocycles. The minimum absolute atomic E-state index is 0.139. The monoisotopic (exact) mass is 373 g/mol. The lowest BCUT2D eigenvalue weighted by Crippen LogP contribution is -2.32. The van der Waals surface area contributed by atoms with Crippen LogP contribution >= 0.6 is 11.6 Å². The summed E-state index contributed by atoms with van der Waals surface area (Å²) in [6, 6.07) is 11.7. The van der Waals surface area contributed by atoms with Crippen molar-refractivity contribution >= 4 is 11.6 Å². The van der Waals surface area contributed by atoms with Crippen LogP contribution in [0.2, 0.25) is 5.02 Å². The number of aromatic nitrogens is 4. The highest BCUT2D eigenvalue weighted by Crippen LogP contribution is 2.22. The predicted octanol–water partition coefficient (Wildman–Crippen LogP) is 4.27. The van der Waals surface area contributed by atoms with Crippen LogP contribution in [-0.2, 0) is 25.2 Å². The van der Waals surface area contributed by atoms with Crippen molar-refractivity contribution in [3.63, 3.8) is 0 Å². The van der Waals surface area contributed by atoms with Crippen molar-refractivity contribution in [2.24, 2.45) is 0 Å². The summed E-state index contributed by atoms with van der Waals surface area (Å²) in [5.74, 6) is 1.72. The molecule has 0 aliphatic carbocycles. The second-order valence-electron chi connectivity index (χ2n) is 6.99. The van der Waals surface area contributed by atoms with Crippen LogP contribution < -0.4 is 0 Å². The summed E-state index contributed by atoms with van der Waals surface area (Å²) >= 11 is 6.36. The Morgan fingerprint density at radius 2 is 1.92 bits per heavy atom. The van der Waals surface area contributed by atoms with Crippen molar-refractivity contribution in [3.8, 4) is 0 Å². The van der Waals surface area contributed by atoms with Gasteiger partial charge in [0.2, 0.25) is 0 Å². The van der Waals surface area contributed by atoms with Gasteiger partial charge in [0, 0.05) is 11.6 Å². The standard InChI is InChI=1S/C19H24ClN5O/c1-4-19(2,3)25-18(21-22-23-25)14-24(13-16-9-7-11-26-16)12-15-8-5-6-10-17(15)20/h5-11H,4,12-14H2,1-3H3. The summed E-state index contributed by atoms with van der Waals surface area (Å²) in [5.41, 5.74) is 0.925. The van der Waals surface area contributed by atoms with E-state index in [4.69, 9.17) is 16.0 Å². The molecule has 0 bridgehead atoms. The predicted molar refractivity (Wildman–Crippen MR) is 101 cm³/mol.